The Morgan fingerprint density at radius 2 is 2.45 bits per heavy atom. The third kappa shape index (κ3) is 1.17. The Balaban J connectivity index is 2.20. The highest BCUT2D eigenvalue weighted by atomic mass is 16.1. The van der Waals surface area contributed by atoms with Crippen LogP contribution in [0.15, 0.2) is 11.8 Å². The van der Waals surface area contributed by atoms with Gasteiger partial charge in [0.25, 0.3) is 0 Å². The SMILES string of the molecule is O=C1CCNC2=CCCCC12. The lowest BCUT2D eigenvalue weighted by Gasteiger charge is -2.28. The van der Waals surface area contributed by atoms with Gasteiger partial charge in [-0.2, -0.15) is 0 Å². The maximum absolute atomic E-state index is 11.3. The first kappa shape index (κ1) is 6.89. The van der Waals surface area contributed by atoms with Gasteiger partial charge < -0.3 is 5.32 Å². The van der Waals surface area contributed by atoms with Crippen LogP contribution in [0.25, 0.3) is 0 Å². The molecule has 11 heavy (non-hydrogen) atoms. The monoisotopic (exact) mass is 151 g/mol. The Morgan fingerprint density at radius 1 is 1.55 bits per heavy atom. The van der Waals surface area contributed by atoms with E-state index in [1.807, 2.05) is 0 Å². The third-order valence-electron chi connectivity index (χ3n) is 2.53. The number of carbonyl (C=O) groups is 1. The number of fused-ring (bicyclic) bond motifs is 1. The van der Waals surface area contributed by atoms with E-state index >= 15 is 0 Å². The van der Waals surface area contributed by atoms with E-state index in [0.29, 0.717) is 5.78 Å². The zero-order valence-electron chi connectivity index (χ0n) is 6.60. The Labute approximate surface area is 66.7 Å². The van der Waals surface area contributed by atoms with Crippen molar-refractivity contribution >= 4 is 5.78 Å². The van der Waals surface area contributed by atoms with Gasteiger partial charge in [0.15, 0.2) is 0 Å². The van der Waals surface area contributed by atoms with Gasteiger partial charge in [-0.05, 0) is 19.3 Å². The highest BCUT2D eigenvalue weighted by molar-refractivity contribution is 5.85. The summed E-state index contributed by atoms with van der Waals surface area (Å²) in [6.07, 6.45) is 6.30. The highest BCUT2D eigenvalue weighted by Gasteiger charge is 2.27. The fourth-order valence-electron chi connectivity index (χ4n) is 1.91. The van der Waals surface area contributed by atoms with Crippen LogP contribution >= 0.6 is 0 Å². The molecule has 0 amide bonds. The zero-order valence-corrected chi connectivity index (χ0v) is 6.60. The van der Waals surface area contributed by atoms with Crippen molar-refractivity contribution in [1.82, 2.24) is 5.32 Å². The molecule has 1 heterocycles. The van der Waals surface area contributed by atoms with E-state index in [1.165, 1.54) is 12.1 Å². The minimum atomic E-state index is 0.234. The van der Waals surface area contributed by atoms with E-state index in [9.17, 15) is 4.79 Å². The quantitative estimate of drug-likeness (QED) is 0.564. The number of nitrogens with one attached hydrogen (secondary N) is 1. The second-order valence-electron chi connectivity index (χ2n) is 3.29. The van der Waals surface area contributed by atoms with Crippen LogP contribution in [0, 0.1) is 5.92 Å². The van der Waals surface area contributed by atoms with E-state index < -0.39 is 0 Å². The highest BCUT2D eigenvalue weighted by Crippen LogP contribution is 2.26. The summed E-state index contributed by atoms with van der Waals surface area (Å²) < 4.78 is 0. The molecule has 0 aromatic carbocycles. The van der Waals surface area contributed by atoms with Crippen LogP contribution in [0.3, 0.4) is 0 Å². The normalized spacial score (nSPS) is 30.4. The largest absolute Gasteiger partial charge is 0.388 e. The number of carbonyl (C=O) groups excluding carboxylic acids is 1. The lowest BCUT2D eigenvalue weighted by Crippen LogP contribution is -2.36. The lowest BCUT2D eigenvalue weighted by atomic mass is 9.85. The minimum absolute atomic E-state index is 0.234. The predicted molar refractivity (Wildman–Crippen MR) is 43.1 cm³/mol. The van der Waals surface area contributed by atoms with Gasteiger partial charge in [-0.15, -0.1) is 0 Å². The van der Waals surface area contributed by atoms with Crippen molar-refractivity contribution in [2.45, 2.75) is 25.7 Å². The molecule has 1 N–H and O–H groups in total. The maximum atomic E-state index is 11.3. The Morgan fingerprint density at radius 3 is 3.27 bits per heavy atom. The van der Waals surface area contributed by atoms with Gasteiger partial charge >= 0.3 is 0 Å². The van der Waals surface area contributed by atoms with Crippen LogP contribution in [-0.4, -0.2) is 12.3 Å². The molecule has 1 fully saturated rings. The van der Waals surface area contributed by atoms with Crippen LogP contribution in [0.5, 0.6) is 0 Å². The Hall–Kier alpha value is -0.790. The van der Waals surface area contributed by atoms with Gasteiger partial charge in [0.05, 0.1) is 5.92 Å². The second kappa shape index (κ2) is 2.68. The van der Waals surface area contributed by atoms with Gasteiger partial charge in [-0.25, -0.2) is 0 Å². The number of allylic oxidation sites excluding steroid dienone is 2. The molecule has 2 nitrogen and oxygen atoms in total. The minimum Gasteiger partial charge on any atom is -0.388 e. The Bertz CT molecular complexity index is 208. The van der Waals surface area contributed by atoms with Gasteiger partial charge in [0.2, 0.25) is 0 Å². The molecule has 2 rings (SSSR count). The van der Waals surface area contributed by atoms with Gasteiger partial charge in [-0.1, -0.05) is 6.08 Å². The molecule has 0 bridgehead atoms. The first-order valence-corrected chi connectivity index (χ1v) is 4.34. The zero-order chi connectivity index (χ0) is 7.68. The van der Waals surface area contributed by atoms with Crippen molar-refractivity contribution in [2.75, 3.05) is 6.54 Å². The first-order valence-electron chi connectivity index (χ1n) is 4.34. The van der Waals surface area contributed by atoms with Crippen molar-refractivity contribution in [3.05, 3.63) is 11.8 Å². The number of hydrogen-bond acceptors (Lipinski definition) is 2. The average Bonchev–Trinajstić information content (AvgIpc) is 2.06. The molecule has 1 saturated heterocycles. The summed E-state index contributed by atoms with van der Waals surface area (Å²) in [6.45, 7) is 0.848. The number of Topliss-reactive ketones (excluding diaryl/α,β-unsaturated/α-hetero) is 1. The van der Waals surface area contributed by atoms with E-state index in [-0.39, 0.29) is 5.92 Å². The molecule has 2 aliphatic rings. The second-order valence-corrected chi connectivity index (χ2v) is 3.29. The van der Waals surface area contributed by atoms with E-state index in [2.05, 4.69) is 11.4 Å². The van der Waals surface area contributed by atoms with E-state index in [1.54, 1.807) is 0 Å². The predicted octanol–water partition coefficient (Wildman–Crippen LogP) is 1.23. The fourth-order valence-corrected chi connectivity index (χ4v) is 1.91. The molecule has 0 spiro atoms. The summed E-state index contributed by atoms with van der Waals surface area (Å²) in [5.41, 5.74) is 1.20. The Kier molecular flexibility index (Phi) is 1.68. The molecule has 0 aromatic heterocycles. The first-order chi connectivity index (χ1) is 5.38. The van der Waals surface area contributed by atoms with Crippen molar-refractivity contribution in [3.8, 4) is 0 Å². The van der Waals surface area contributed by atoms with Crippen LogP contribution in [0.2, 0.25) is 0 Å². The van der Waals surface area contributed by atoms with Crippen molar-refractivity contribution in [3.63, 3.8) is 0 Å². The number of piperidine rings is 1. The summed E-state index contributed by atoms with van der Waals surface area (Å²) in [4.78, 5) is 11.3. The van der Waals surface area contributed by atoms with Crippen molar-refractivity contribution < 1.29 is 4.79 Å². The maximum Gasteiger partial charge on any atom is 0.143 e. The van der Waals surface area contributed by atoms with Gasteiger partial charge in [-0.3, -0.25) is 4.79 Å². The number of ketones is 1. The smallest absolute Gasteiger partial charge is 0.143 e. The molecule has 0 radical (unpaired) electrons. The molecule has 60 valence electrons. The fraction of sp³-hybridized carbons (Fsp3) is 0.667. The summed E-state index contributed by atoms with van der Waals surface area (Å²) >= 11 is 0. The molecule has 2 heteroatoms. The summed E-state index contributed by atoms with van der Waals surface area (Å²) in [7, 11) is 0. The van der Waals surface area contributed by atoms with Crippen molar-refractivity contribution in [1.29, 1.82) is 0 Å². The topological polar surface area (TPSA) is 29.1 Å². The van der Waals surface area contributed by atoms with E-state index in [4.69, 9.17) is 0 Å². The van der Waals surface area contributed by atoms with Crippen LogP contribution in [0.4, 0.5) is 0 Å². The summed E-state index contributed by atoms with van der Waals surface area (Å²) in [5, 5.41) is 3.29. The van der Waals surface area contributed by atoms with Crippen LogP contribution in [0.1, 0.15) is 25.7 Å². The summed E-state index contributed by atoms with van der Waals surface area (Å²) in [5.74, 6) is 0.673. The molecular formula is C9H13NO. The lowest BCUT2D eigenvalue weighted by molar-refractivity contribution is -0.123. The molecule has 0 aromatic rings. The van der Waals surface area contributed by atoms with Crippen LogP contribution < -0.4 is 5.32 Å². The molecular weight excluding hydrogens is 138 g/mol. The average molecular weight is 151 g/mol. The standard InChI is InChI=1S/C9H13NO/c11-9-5-6-10-8-4-2-1-3-7(8)9/h4,7,10H,1-3,5-6H2. The van der Waals surface area contributed by atoms with E-state index in [0.717, 1.165) is 25.8 Å². The summed E-state index contributed by atoms with van der Waals surface area (Å²) in [6, 6.07) is 0. The van der Waals surface area contributed by atoms with Gasteiger partial charge in [0, 0.05) is 18.7 Å². The van der Waals surface area contributed by atoms with Crippen LogP contribution in [-0.2, 0) is 4.79 Å². The van der Waals surface area contributed by atoms with Crippen molar-refractivity contribution in [2.24, 2.45) is 5.92 Å². The molecule has 1 aliphatic carbocycles. The molecule has 0 saturated carbocycles. The van der Waals surface area contributed by atoms with Gasteiger partial charge in [0.1, 0.15) is 5.78 Å². The third-order valence-corrected chi connectivity index (χ3v) is 2.53. The molecule has 1 atom stereocenters. The molecule has 1 aliphatic heterocycles. The number of hydrogen-bond donors (Lipinski definition) is 1. The molecule has 1 unspecified atom stereocenters. The number of rotatable bonds is 0.